The molecule has 0 amide bonds. The molecule has 1 atom stereocenters. The molecule has 0 aliphatic carbocycles. The SMILES string of the molecule is CC(=S)OC[N+]1(C)CCN(C(c2ccccc2)c2ccc(Cl)cc2)CC1. The highest BCUT2D eigenvalue weighted by atomic mass is 35.5. The number of halogens is 1. The average Bonchev–Trinajstić information content (AvgIpc) is 2.65. The molecule has 0 radical (unpaired) electrons. The van der Waals surface area contributed by atoms with Crippen LogP contribution in [-0.2, 0) is 4.74 Å². The van der Waals surface area contributed by atoms with Crippen LogP contribution in [0.1, 0.15) is 24.1 Å². The highest BCUT2D eigenvalue weighted by molar-refractivity contribution is 7.80. The highest BCUT2D eigenvalue weighted by Gasteiger charge is 2.33. The van der Waals surface area contributed by atoms with Gasteiger partial charge >= 0.3 is 0 Å². The Labute approximate surface area is 166 Å². The number of benzene rings is 2. The Morgan fingerprint density at radius 3 is 2.23 bits per heavy atom. The lowest BCUT2D eigenvalue weighted by Crippen LogP contribution is -2.58. The van der Waals surface area contributed by atoms with E-state index in [9.17, 15) is 0 Å². The zero-order chi connectivity index (χ0) is 18.6. The van der Waals surface area contributed by atoms with Gasteiger partial charge in [-0.25, -0.2) is 0 Å². The fourth-order valence-corrected chi connectivity index (χ4v) is 3.67. The van der Waals surface area contributed by atoms with Gasteiger partial charge in [0.2, 0.25) is 6.73 Å². The Kier molecular flexibility index (Phi) is 6.30. The number of rotatable bonds is 5. The largest absolute Gasteiger partial charge is 0.439 e. The summed E-state index contributed by atoms with van der Waals surface area (Å²) in [5.41, 5.74) is 2.60. The average molecular weight is 390 g/mol. The van der Waals surface area contributed by atoms with Crippen LogP contribution in [0.5, 0.6) is 0 Å². The van der Waals surface area contributed by atoms with Crippen molar-refractivity contribution in [3.63, 3.8) is 0 Å². The Morgan fingerprint density at radius 2 is 1.65 bits per heavy atom. The van der Waals surface area contributed by atoms with Gasteiger partial charge in [0.15, 0.2) is 5.05 Å². The molecule has 26 heavy (non-hydrogen) atoms. The van der Waals surface area contributed by atoms with E-state index in [-0.39, 0.29) is 6.04 Å². The molecular formula is C21H26ClN2OS+. The number of hydrogen-bond donors (Lipinski definition) is 0. The second-order valence-corrected chi connectivity index (χ2v) is 8.24. The third kappa shape index (κ3) is 4.83. The zero-order valence-electron chi connectivity index (χ0n) is 15.4. The van der Waals surface area contributed by atoms with Gasteiger partial charge in [-0.05, 0) is 35.5 Å². The first-order valence-corrected chi connectivity index (χ1v) is 9.77. The Bertz CT molecular complexity index is 727. The van der Waals surface area contributed by atoms with Crippen LogP contribution in [0.4, 0.5) is 0 Å². The minimum absolute atomic E-state index is 0.246. The van der Waals surface area contributed by atoms with E-state index < -0.39 is 0 Å². The molecule has 0 N–H and O–H groups in total. The van der Waals surface area contributed by atoms with Gasteiger partial charge in [-0.3, -0.25) is 9.38 Å². The summed E-state index contributed by atoms with van der Waals surface area (Å²) in [7, 11) is 2.25. The van der Waals surface area contributed by atoms with Crippen molar-refractivity contribution in [1.29, 1.82) is 0 Å². The minimum Gasteiger partial charge on any atom is -0.439 e. The lowest BCUT2D eigenvalue weighted by atomic mass is 9.96. The van der Waals surface area contributed by atoms with Gasteiger partial charge < -0.3 is 4.74 Å². The van der Waals surface area contributed by atoms with E-state index in [0.29, 0.717) is 11.8 Å². The molecule has 1 saturated heterocycles. The zero-order valence-corrected chi connectivity index (χ0v) is 17.0. The monoisotopic (exact) mass is 389 g/mol. The van der Waals surface area contributed by atoms with Crippen LogP contribution < -0.4 is 0 Å². The first-order valence-electron chi connectivity index (χ1n) is 8.98. The van der Waals surface area contributed by atoms with Crippen LogP contribution in [0.2, 0.25) is 5.02 Å². The first-order chi connectivity index (χ1) is 12.5. The molecule has 1 unspecified atom stereocenters. The summed E-state index contributed by atoms with van der Waals surface area (Å²) in [6.07, 6.45) is 0. The fourth-order valence-electron chi connectivity index (χ4n) is 3.49. The predicted octanol–water partition coefficient (Wildman–Crippen LogP) is 4.51. The van der Waals surface area contributed by atoms with Crippen molar-refractivity contribution in [3.05, 3.63) is 70.7 Å². The Hall–Kier alpha value is -1.46. The quantitative estimate of drug-likeness (QED) is 0.551. The number of hydrogen-bond acceptors (Lipinski definition) is 3. The summed E-state index contributed by atoms with van der Waals surface area (Å²) < 4.78 is 6.53. The van der Waals surface area contributed by atoms with Crippen LogP contribution >= 0.6 is 23.8 Å². The van der Waals surface area contributed by atoms with Gasteiger partial charge in [-0.2, -0.15) is 0 Å². The van der Waals surface area contributed by atoms with E-state index in [1.54, 1.807) is 0 Å². The number of quaternary nitrogens is 1. The number of nitrogens with zero attached hydrogens (tertiary/aromatic N) is 2. The maximum Gasteiger partial charge on any atom is 0.224 e. The molecule has 3 nitrogen and oxygen atoms in total. The third-order valence-corrected chi connectivity index (χ3v) is 5.47. The molecule has 1 heterocycles. The minimum atomic E-state index is 0.246. The van der Waals surface area contributed by atoms with Gasteiger partial charge in [0.05, 0.1) is 26.2 Å². The lowest BCUT2D eigenvalue weighted by Gasteiger charge is -2.44. The van der Waals surface area contributed by atoms with Crippen molar-refractivity contribution >= 4 is 28.9 Å². The van der Waals surface area contributed by atoms with E-state index in [0.717, 1.165) is 35.7 Å². The molecule has 0 aromatic heterocycles. The Morgan fingerprint density at radius 1 is 1.08 bits per heavy atom. The number of likely N-dealkylation sites (N-methyl/N-ethyl adjacent to an activating group) is 1. The second kappa shape index (κ2) is 8.49. The van der Waals surface area contributed by atoms with E-state index in [4.69, 9.17) is 28.6 Å². The summed E-state index contributed by atoms with van der Waals surface area (Å²) in [5, 5.41) is 1.39. The summed E-state index contributed by atoms with van der Waals surface area (Å²) in [4.78, 5) is 2.56. The molecule has 5 heteroatoms. The van der Waals surface area contributed by atoms with E-state index >= 15 is 0 Å². The molecule has 2 aromatic carbocycles. The summed E-state index contributed by atoms with van der Waals surface area (Å²) in [6.45, 7) is 6.60. The van der Waals surface area contributed by atoms with Crippen molar-refractivity contribution in [3.8, 4) is 0 Å². The number of thiocarbonyl (C=S) groups is 1. The second-order valence-electron chi connectivity index (χ2n) is 7.23. The van der Waals surface area contributed by atoms with Gasteiger partial charge in [-0.15, -0.1) is 0 Å². The highest BCUT2D eigenvalue weighted by Crippen LogP contribution is 2.31. The Balaban J connectivity index is 1.79. The third-order valence-electron chi connectivity index (χ3n) is 5.10. The van der Waals surface area contributed by atoms with Crippen molar-refractivity contribution in [2.45, 2.75) is 13.0 Å². The summed E-state index contributed by atoms with van der Waals surface area (Å²) in [5.74, 6) is 0. The fraction of sp³-hybridized carbons (Fsp3) is 0.381. The number of piperazine rings is 1. The molecule has 1 aliphatic heterocycles. The molecular weight excluding hydrogens is 364 g/mol. The predicted molar refractivity (Wildman–Crippen MR) is 111 cm³/mol. The van der Waals surface area contributed by atoms with E-state index in [1.165, 1.54) is 11.1 Å². The van der Waals surface area contributed by atoms with Crippen LogP contribution in [-0.4, -0.2) is 54.4 Å². The van der Waals surface area contributed by atoms with Crippen LogP contribution in [0.25, 0.3) is 0 Å². The van der Waals surface area contributed by atoms with Crippen molar-refractivity contribution in [2.75, 3.05) is 40.0 Å². The molecule has 0 saturated carbocycles. The van der Waals surface area contributed by atoms with Crippen LogP contribution in [0, 0.1) is 0 Å². The first kappa shape index (κ1) is 19.3. The molecule has 1 fully saturated rings. The molecule has 138 valence electrons. The molecule has 3 rings (SSSR count). The number of ether oxygens (including phenoxy) is 1. The van der Waals surface area contributed by atoms with Crippen molar-refractivity contribution in [1.82, 2.24) is 4.90 Å². The lowest BCUT2D eigenvalue weighted by molar-refractivity contribution is -0.929. The maximum atomic E-state index is 6.11. The standard InChI is InChI=1S/C21H26ClN2OS/c1-17(26)25-16-24(2)14-12-23(13-15-24)21(18-6-4-3-5-7-18)19-8-10-20(22)11-9-19/h3-11,21H,12-16H2,1-2H3/q+1. The molecule has 2 aromatic rings. The summed E-state index contributed by atoms with van der Waals surface area (Å²) >= 11 is 11.2. The summed E-state index contributed by atoms with van der Waals surface area (Å²) in [6, 6.07) is 19.2. The van der Waals surface area contributed by atoms with Crippen LogP contribution in [0.15, 0.2) is 54.6 Å². The van der Waals surface area contributed by atoms with Crippen molar-refractivity contribution in [2.24, 2.45) is 0 Å². The van der Waals surface area contributed by atoms with Gasteiger partial charge in [0.1, 0.15) is 0 Å². The molecule has 0 spiro atoms. The maximum absolute atomic E-state index is 6.11. The van der Waals surface area contributed by atoms with E-state index in [1.807, 2.05) is 19.1 Å². The van der Waals surface area contributed by atoms with Crippen LogP contribution in [0.3, 0.4) is 0 Å². The van der Waals surface area contributed by atoms with Gasteiger partial charge in [0, 0.05) is 25.0 Å². The molecule has 0 bridgehead atoms. The van der Waals surface area contributed by atoms with Gasteiger partial charge in [0.25, 0.3) is 0 Å². The molecule has 1 aliphatic rings. The van der Waals surface area contributed by atoms with Crippen molar-refractivity contribution < 1.29 is 9.22 Å². The normalized spacial score (nSPS) is 18.3. The topological polar surface area (TPSA) is 12.5 Å². The van der Waals surface area contributed by atoms with Gasteiger partial charge in [-0.1, -0.05) is 54.1 Å². The van der Waals surface area contributed by atoms with E-state index in [2.05, 4.69) is 54.4 Å². The smallest absolute Gasteiger partial charge is 0.224 e.